The Labute approximate surface area is 101 Å². The first-order valence-electron chi connectivity index (χ1n) is 5.95. The van der Waals surface area contributed by atoms with Crippen LogP contribution in [-0.4, -0.2) is 26.4 Å². The molecule has 3 nitrogen and oxygen atoms in total. The zero-order chi connectivity index (χ0) is 12.1. The summed E-state index contributed by atoms with van der Waals surface area (Å²) in [7, 11) is 1.55. The van der Waals surface area contributed by atoms with E-state index < -0.39 is 0 Å². The van der Waals surface area contributed by atoms with Gasteiger partial charge in [0, 0.05) is 25.3 Å². The van der Waals surface area contributed by atoms with Crippen LogP contribution in [0.5, 0.6) is 5.75 Å². The van der Waals surface area contributed by atoms with Gasteiger partial charge in [0.05, 0.1) is 13.2 Å². The normalized spacial score (nSPS) is 19.5. The molecule has 0 aliphatic carbocycles. The third-order valence-electron chi connectivity index (χ3n) is 2.99. The molecule has 2 rings (SSSR count). The molecule has 1 N–H and O–H groups in total. The van der Waals surface area contributed by atoms with Crippen LogP contribution in [0.1, 0.15) is 18.4 Å². The van der Waals surface area contributed by atoms with Gasteiger partial charge in [0.15, 0.2) is 0 Å². The zero-order valence-electron chi connectivity index (χ0n) is 10.0. The molecule has 1 unspecified atom stereocenters. The van der Waals surface area contributed by atoms with Crippen LogP contribution in [0.3, 0.4) is 0 Å². The van der Waals surface area contributed by atoms with Gasteiger partial charge in [0.25, 0.3) is 0 Å². The summed E-state index contributed by atoms with van der Waals surface area (Å²) in [6.45, 7) is 2.07. The fourth-order valence-electron chi connectivity index (χ4n) is 2.07. The van der Waals surface area contributed by atoms with Crippen molar-refractivity contribution in [3.63, 3.8) is 0 Å². The van der Waals surface area contributed by atoms with E-state index >= 15 is 0 Å². The number of ether oxygens (including phenoxy) is 2. The van der Waals surface area contributed by atoms with Crippen LogP contribution in [0.15, 0.2) is 18.2 Å². The lowest BCUT2D eigenvalue weighted by Gasteiger charge is -2.13. The van der Waals surface area contributed by atoms with Crippen molar-refractivity contribution in [1.29, 1.82) is 0 Å². The van der Waals surface area contributed by atoms with Crippen LogP contribution in [0.25, 0.3) is 0 Å². The number of halogens is 1. The highest BCUT2D eigenvalue weighted by molar-refractivity contribution is 5.34. The predicted molar refractivity (Wildman–Crippen MR) is 63.6 cm³/mol. The Morgan fingerprint density at radius 2 is 2.41 bits per heavy atom. The molecule has 1 heterocycles. The summed E-state index contributed by atoms with van der Waals surface area (Å²) >= 11 is 0. The number of hydrogen-bond acceptors (Lipinski definition) is 3. The molecule has 0 spiro atoms. The van der Waals surface area contributed by atoms with E-state index in [2.05, 4.69) is 5.32 Å². The van der Waals surface area contributed by atoms with Gasteiger partial charge >= 0.3 is 0 Å². The van der Waals surface area contributed by atoms with Crippen LogP contribution < -0.4 is 10.1 Å². The summed E-state index contributed by atoms with van der Waals surface area (Å²) in [5, 5.41) is 3.21. The third kappa shape index (κ3) is 3.17. The number of methoxy groups -OCH3 is 1. The molecule has 1 saturated heterocycles. The van der Waals surface area contributed by atoms with Crippen molar-refractivity contribution >= 4 is 0 Å². The van der Waals surface area contributed by atoms with Gasteiger partial charge in [0.2, 0.25) is 0 Å². The molecule has 4 heteroatoms. The smallest absolute Gasteiger partial charge is 0.131 e. The van der Waals surface area contributed by atoms with Crippen molar-refractivity contribution in [3.8, 4) is 5.75 Å². The molecule has 1 aromatic carbocycles. The van der Waals surface area contributed by atoms with Gasteiger partial charge in [-0.2, -0.15) is 0 Å². The monoisotopic (exact) mass is 239 g/mol. The van der Waals surface area contributed by atoms with Crippen molar-refractivity contribution in [2.45, 2.75) is 25.5 Å². The lowest BCUT2D eigenvalue weighted by atomic mass is 10.1. The zero-order valence-corrected chi connectivity index (χ0v) is 10.0. The second kappa shape index (κ2) is 5.98. The number of nitrogens with one attached hydrogen (secondary N) is 1. The minimum atomic E-state index is -0.232. The number of hydrogen-bond donors (Lipinski definition) is 1. The summed E-state index contributed by atoms with van der Waals surface area (Å²) in [5.74, 6) is 0.356. The molecule has 1 aliphatic rings. The SMILES string of the molecule is COc1cccc(F)c1CNCC1CCCO1. The molecule has 0 radical (unpaired) electrons. The average molecular weight is 239 g/mol. The Morgan fingerprint density at radius 1 is 1.53 bits per heavy atom. The number of benzene rings is 1. The predicted octanol–water partition coefficient (Wildman–Crippen LogP) is 2.10. The van der Waals surface area contributed by atoms with Crippen molar-refractivity contribution in [1.82, 2.24) is 5.32 Å². The van der Waals surface area contributed by atoms with Crippen LogP contribution in [-0.2, 0) is 11.3 Å². The van der Waals surface area contributed by atoms with Crippen molar-refractivity contribution in [3.05, 3.63) is 29.6 Å². The molecule has 1 aromatic rings. The van der Waals surface area contributed by atoms with E-state index in [0.29, 0.717) is 17.9 Å². The second-order valence-corrected chi connectivity index (χ2v) is 4.19. The van der Waals surface area contributed by atoms with Crippen molar-refractivity contribution in [2.24, 2.45) is 0 Å². The lowest BCUT2D eigenvalue weighted by molar-refractivity contribution is 0.110. The third-order valence-corrected chi connectivity index (χ3v) is 2.99. The highest BCUT2D eigenvalue weighted by atomic mass is 19.1. The largest absolute Gasteiger partial charge is 0.496 e. The maximum Gasteiger partial charge on any atom is 0.131 e. The quantitative estimate of drug-likeness (QED) is 0.853. The van der Waals surface area contributed by atoms with E-state index in [1.54, 1.807) is 19.2 Å². The molecular formula is C13H18FNO2. The van der Waals surface area contributed by atoms with Crippen LogP contribution >= 0.6 is 0 Å². The van der Waals surface area contributed by atoms with Gasteiger partial charge in [0.1, 0.15) is 11.6 Å². The van der Waals surface area contributed by atoms with Gasteiger partial charge < -0.3 is 14.8 Å². The fourth-order valence-corrected chi connectivity index (χ4v) is 2.07. The van der Waals surface area contributed by atoms with Gasteiger partial charge in [-0.3, -0.25) is 0 Å². The molecule has 0 amide bonds. The highest BCUT2D eigenvalue weighted by Crippen LogP contribution is 2.21. The average Bonchev–Trinajstić information content (AvgIpc) is 2.84. The fraction of sp³-hybridized carbons (Fsp3) is 0.538. The first-order valence-corrected chi connectivity index (χ1v) is 5.95. The second-order valence-electron chi connectivity index (χ2n) is 4.19. The minimum Gasteiger partial charge on any atom is -0.496 e. The van der Waals surface area contributed by atoms with E-state index in [4.69, 9.17) is 9.47 Å². The molecule has 0 saturated carbocycles. The molecule has 0 bridgehead atoms. The maximum atomic E-state index is 13.6. The summed E-state index contributed by atoms with van der Waals surface area (Å²) in [4.78, 5) is 0. The van der Waals surface area contributed by atoms with E-state index in [9.17, 15) is 4.39 Å². The molecule has 1 aliphatic heterocycles. The molecule has 94 valence electrons. The molecule has 0 aromatic heterocycles. The Balaban J connectivity index is 1.89. The van der Waals surface area contributed by atoms with Gasteiger partial charge in [-0.1, -0.05) is 6.07 Å². The van der Waals surface area contributed by atoms with Crippen molar-refractivity contribution in [2.75, 3.05) is 20.3 Å². The lowest BCUT2D eigenvalue weighted by Crippen LogP contribution is -2.26. The summed E-state index contributed by atoms with van der Waals surface area (Å²) in [6.07, 6.45) is 2.48. The van der Waals surface area contributed by atoms with Crippen molar-refractivity contribution < 1.29 is 13.9 Å². The van der Waals surface area contributed by atoms with E-state index in [1.165, 1.54) is 6.07 Å². The first-order chi connectivity index (χ1) is 8.31. The first kappa shape index (κ1) is 12.3. The summed E-state index contributed by atoms with van der Waals surface area (Å²) < 4.78 is 24.2. The van der Waals surface area contributed by atoms with E-state index in [-0.39, 0.29) is 11.9 Å². The summed E-state index contributed by atoms with van der Waals surface area (Å²) in [6, 6.07) is 4.87. The maximum absolute atomic E-state index is 13.6. The molecule has 17 heavy (non-hydrogen) atoms. The number of rotatable bonds is 5. The van der Waals surface area contributed by atoms with Crippen LogP contribution in [0.2, 0.25) is 0 Å². The van der Waals surface area contributed by atoms with E-state index in [1.807, 2.05) is 0 Å². The highest BCUT2D eigenvalue weighted by Gasteiger charge is 2.15. The molecular weight excluding hydrogens is 221 g/mol. The van der Waals surface area contributed by atoms with Crippen LogP contribution in [0, 0.1) is 5.82 Å². The van der Waals surface area contributed by atoms with Gasteiger partial charge in [-0.15, -0.1) is 0 Å². The summed E-state index contributed by atoms with van der Waals surface area (Å²) in [5.41, 5.74) is 0.577. The Hall–Kier alpha value is -1.13. The standard InChI is InChI=1S/C13H18FNO2/c1-16-13-6-2-5-12(14)11(13)9-15-8-10-4-3-7-17-10/h2,5-6,10,15H,3-4,7-9H2,1H3. The molecule has 1 fully saturated rings. The minimum absolute atomic E-state index is 0.232. The Morgan fingerprint density at radius 3 is 3.12 bits per heavy atom. The van der Waals surface area contributed by atoms with E-state index in [0.717, 1.165) is 26.0 Å². The topological polar surface area (TPSA) is 30.5 Å². The molecule has 1 atom stereocenters. The Kier molecular flexibility index (Phi) is 4.34. The van der Waals surface area contributed by atoms with Gasteiger partial charge in [-0.05, 0) is 25.0 Å². The van der Waals surface area contributed by atoms with Crippen LogP contribution in [0.4, 0.5) is 4.39 Å². The Bertz CT molecular complexity index is 364. The van der Waals surface area contributed by atoms with Gasteiger partial charge in [-0.25, -0.2) is 4.39 Å².